The van der Waals surface area contributed by atoms with E-state index in [1.54, 1.807) is 6.08 Å². The molecule has 0 spiro atoms. The van der Waals surface area contributed by atoms with Crippen molar-refractivity contribution in [1.29, 1.82) is 0 Å². The van der Waals surface area contributed by atoms with E-state index >= 15 is 0 Å². The molecule has 1 fully saturated rings. The second-order valence-electron chi connectivity index (χ2n) is 7.81. The van der Waals surface area contributed by atoms with Gasteiger partial charge in [-0.1, -0.05) is 30.4 Å². The van der Waals surface area contributed by atoms with Gasteiger partial charge in [0, 0.05) is 5.92 Å². The van der Waals surface area contributed by atoms with Crippen LogP contribution < -0.4 is 0 Å². The van der Waals surface area contributed by atoms with Crippen LogP contribution in [0.15, 0.2) is 48.8 Å². The fourth-order valence-electron chi connectivity index (χ4n) is 4.10. The van der Waals surface area contributed by atoms with Gasteiger partial charge >= 0.3 is 0 Å². The highest BCUT2D eigenvalue weighted by molar-refractivity contribution is 5.88. The van der Waals surface area contributed by atoms with E-state index < -0.39 is 46.0 Å². The molecule has 2 aromatic carbocycles. The second-order valence-corrected chi connectivity index (χ2v) is 7.81. The van der Waals surface area contributed by atoms with Gasteiger partial charge in [-0.05, 0) is 68.4 Å². The summed E-state index contributed by atoms with van der Waals surface area (Å²) in [5.74, 6) is -6.83. The van der Waals surface area contributed by atoms with Crippen molar-refractivity contribution >= 4 is 16.6 Å². The van der Waals surface area contributed by atoms with E-state index in [0.29, 0.717) is 38.5 Å². The lowest BCUT2D eigenvalue weighted by molar-refractivity contribution is 0.304. The van der Waals surface area contributed by atoms with Gasteiger partial charge in [0.25, 0.3) is 0 Å². The molecule has 2 aromatic rings. The van der Waals surface area contributed by atoms with Crippen molar-refractivity contribution in [3.63, 3.8) is 0 Å². The lowest BCUT2D eigenvalue weighted by atomic mass is 9.81. The number of fused-ring (bicyclic) bond motifs is 1. The molecule has 0 amide bonds. The lowest BCUT2D eigenvalue weighted by Gasteiger charge is -2.25. The summed E-state index contributed by atoms with van der Waals surface area (Å²) in [6.07, 6.45) is 8.51. The Hall–Kier alpha value is -2.43. The molecule has 0 nitrogen and oxygen atoms in total. The third kappa shape index (κ3) is 4.35. The van der Waals surface area contributed by atoms with Crippen LogP contribution in [0.5, 0.6) is 0 Å². The van der Waals surface area contributed by atoms with Crippen molar-refractivity contribution in [3.05, 3.63) is 77.4 Å². The highest BCUT2D eigenvalue weighted by Crippen LogP contribution is 2.40. The summed E-state index contributed by atoms with van der Waals surface area (Å²) < 4.78 is 73.7. The quantitative estimate of drug-likeness (QED) is 0.325. The average molecular weight is 420 g/mol. The van der Waals surface area contributed by atoms with Gasteiger partial charge in [-0.3, -0.25) is 0 Å². The van der Waals surface area contributed by atoms with Crippen LogP contribution in [0.3, 0.4) is 0 Å². The Kier molecular flexibility index (Phi) is 7.11. The summed E-state index contributed by atoms with van der Waals surface area (Å²) in [6, 6.07) is 3.86. The van der Waals surface area contributed by atoms with E-state index in [4.69, 9.17) is 0 Å². The molecule has 0 bridgehead atoms. The molecule has 0 saturated heterocycles. The Balaban J connectivity index is 2.00. The van der Waals surface area contributed by atoms with Crippen LogP contribution in [0.1, 0.15) is 50.2 Å². The summed E-state index contributed by atoms with van der Waals surface area (Å²) in [5.41, 5.74) is -0.558. The van der Waals surface area contributed by atoms with E-state index in [0.717, 1.165) is 6.07 Å². The maximum Gasteiger partial charge on any atom is 0.170 e. The first-order valence-electron chi connectivity index (χ1n) is 10.3. The van der Waals surface area contributed by atoms with Crippen LogP contribution in [0.25, 0.3) is 16.6 Å². The van der Waals surface area contributed by atoms with Crippen molar-refractivity contribution in [1.82, 2.24) is 0 Å². The normalized spacial score (nSPS) is 20.6. The Morgan fingerprint density at radius 1 is 1.03 bits per heavy atom. The average Bonchev–Trinajstić information content (AvgIpc) is 2.76. The monoisotopic (exact) mass is 420 g/mol. The highest BCUT2D eigenvalue weighted by Gasteiger charge is 2.28. The number of rotatable bonds is 6. The maximum absolute atomic E-state index is 14.8. The molecule has 0 aromatic heterocycles. The zero-order valence-electron chi connectivity index (χ0n) is 17.0. The SMILES string of the molecule is C=CC1CCC(C(F)=C(F)c2cc3ccc(CC/C=C/C)c(F)c3c(F)c2F)CC1. The molecule has 1 saturated carbocycles. The number of halogens is 5. The summed E-state index contributed by atoms with van der Waals surface area (Å²) in [6.45, 7) is 5.55. The number of hydrogen-bond donors (Lipinski definition) is 0. The topological polar surface area (TPSA) is 0 Å². The minimum absolute atomic E-state index is 0.00509. The Labute approximate surface area is 173 Å². The van der Waals surface area contributed by atoms with E-state index in [9.17, 15) is 22.0 Å². The third-order valence-corrected chi connectivity index (χ3v) is 5.93. The van der Waals surface area contributed by atoms with E-state index in [1.807, 2.05) is 19.1 Å². The first-order valence-corrected chi connectivity index (χ1v) is 10.3. The van der Waals surface area contributed by atoms with Crippen LogP contribution in [-0.2, 0) is 6.42 Å². The predicted molar refractivity (Wildman–Crippen MR) is 112 cm³/mol. The van der Waals surface area contributed by atoms with Crippen molar-refractivity contribution in [2.75, 3.05) is 0 Å². The molecule has 0 heterocycles. The standard InChI is InChI=1S/C25H25F5/c1-3-5-6-7-16-12-13-18-14-19(24(29)25(30)20(18)21(16)26)23(28)22(27)17-10-8-15(4-2)9-11-17/h3-5,12-15,17H,2,6-11H2,1H3/b5-3+,23-22?. The molecular weight excluding hydrogens is 395 g/mol. The summed E-state index contributed by atoms with van der Waals surface area (Å²) in [5, 5.41) is -0.538. The van der Waals surface area contributed by atoms with Crippen molar-refractivity contribution in [2.45, 2.75) is 45.4 Å². The minimum Gasteiger partial charge on any atom is -0.208 e. The maximum atomic E-state index is 14.8. The molecule has 160 valence electrons. The predicted octanol–water partition coefficient (Wildman–Crippen LogP) is 8.37. The summed E-state index contributed by atoms with van der Waals surface area (Å²) in [7, 11) is 0. The number of benzene rings is 2. The smallest absolute Gasteiger partial charge is 0.170 e. The molecule has 5 heteroatoms. The van der Waals surface area contributed by atoms with Crippen LogP contribution in [0.2, 0.25) is 0 Å². The number of allylic oxidation sites excluding steroid dienone is 4. The summed E-state index contributed by atoms with van der Waals surface area (Å²) in [4.78, 5) is 0. The lowest BCUT2D eigenvalue weighted by Crippen LogP contribution is -2.14. The number of hydrogen-bond acceptors (Lipinski definition) is 0. The van der Waals surface area contributed by atoms with Crippen LogP contribution in [-0.4, -0.2) is 0 Å². The molecule has 3 rings (SSSR count). The van der Waals surface area contributed by atoms with E-state index in [1.165, 1.54) is 12.1 Å². The van der Waals surface area contributed by atoms with Crippen LogP contribution in [0.4, 0.5) is 22.0 Å². The zero-order valence-corrected chi connectivity index (χ0v) is 17.0. The van der Waals surface area contributed by atoms with Crippen LogP contribution >= 0.6 is 0 Å². The van der Waals surface area contributed by atoms with Crippen molar-refractivity contribution < 1.29 is 22.0 Å². The van der Waals surface area contributed by atoms with E-state index in [-0.39, 0.29) is 16.9 Å². The first kappa shape index (κ1) is 22.3. The van der Waals surface area contributed by atoms with Crippen molar-refractivity contribution in [3.8, 4) is 0 Å². The Bertz CT molecular complexity index is 995. The molecule has 30 heavy (non-hydrogen) atoms. The largest absolute Gasteiger partial charge is 0.208 e. The van der Waals surface area contributed by atoms with Crippen molar-refractivity contribution in [2.24, 2.45) is 11.8 Å². The molecule has 1 aliphatic rings. The van der Waals surface area contributed by atoms with Gasteiger partial charge in [-0.25, -0.2) is 22.0 Å². The third-order valence-electron chi connectivity index (χ3n) is 5.93. The molecule has 0 unspecified atom stereocenters. The van der Waals surface area contributed by atoms with Gasteiger partial charge in [0.05, 0.1) is 10.9 Å². The number of aryl methyl sites for hydroxylation is 1. The first-order chi connectivity index (χ1) is 14.4. The molecule has 0 radical (unpaired) electrons. The van der Waals surface area contributed by atoms with Crippen LogP contribution in [0, 0.1) is 29.3 Å². The van der Waals surface area contributed by atoms with Gasteiger partial charge in [-0.15, -0.1) is 6.58 Å². The second kappa shape index (κ2) is 9.59. The highest BCUT2D eigenvalue weighted by atomic mass is 19.2. The van der Waals surface area contributed by atoms with E-state index in [2.05, 4.69) is 6.58 Å². The Morgan fingerprint density at radius 2 is 1.73 bits per heavy atom. The van der Waals surface area contributed by atoms with Gasteiger partial charge in [-0.2, -0.15) is 0 Å². The Morgan fingerprint density at radius 3 is 2.37 bits per heavy atom. The zero-order chi connectivity index (χ0) is 21.8. The fraction of sp³-hybridized carbons (Fsp3) is 0.360. The molecule has 0 aliphatic heterocycles. The summed E-state index contributed by atoms with van der Waals surface area (Å²) >= 11 is 0. The van der Waals surface area contributed by atoms with Gasteiger partial charge < -0.3 is 0 Å². The minimum atomic E-state index is -1.57. The molecule has 0 atom stereocenters. The molecular formula is C25H25F5. The van der Waals surface area contributed by atoms with Gasteiger partial charge in [0.15, 0.2) is 17.5 Å². The molecule has 0 N–H and O–H groups in total. The van der Waals surface area contributed by atoms with Gasteiger partial charge in [0.2, 0.25) is 0 Å². The fourth-order valence-corrected chi connectivity index (χ4v) is 4.10. The van der Waals surface area contributed by atoms with Gasteiger partial charge in [0.1, 0.15) is 11.6 Å². The molecule has 1 aliphatic carbocycles.